The number of hydrogen-bond donors (Lipinski definition) is 2. The van der Waals surface area contributed by atoms with Crippen LogP contribution < -0.4 is 14.8 Å². The molecule has 0 radical (unpaired) electrons. The topological polar surface area (TPSA) is 117 Å². The van der Waals surface area contributed by atoms with Crippen molar-refractivity contribution in [3.05, 3.63) is 28.3 Å². The Kier molecular flexibility index (Phi) is 5.92. The number of rotatable bonds is 6. The van der Waals surface area contributed by atoms with E-state index in [0.717, 1.165) is 5.01 Å². The van der Waals surface area contributed by atoms with Gasteiger partial charge in [-0.3, -0.25) is 10.1 Å². The van der Waals surface area contributed by atoms with E-state index >= 15 is 0 Å². The van der Waals surface area contributed by atoms with Crippen molar-refractivity contribution in [2.75, 3.05) is 19.5 Å². The second kappa shape index (κ2) is 8.12. The fourth-order valence-corrected chi connectivity index (χ4v) is 2.60. The van der Waals surface area contributed by atoms with Gasteiger partial charge in [-0.05, 0) is 30.2 Å². The highest BCUT2D eigenvalue weighted by molar-refractivity contribution is 7.15. The number of nitriles is 1. The van der Waals surface area contributed by atoms with Gasteiger partial charge in [-0.25, -0.2) is 0 Å². The molecule has 0 unspecified atom stereocenters. The minimum atomic E-state index is -0.604. The molecule has 2 N–H and O–H groups in total. The largest absolute Gasteiger partial charge is 0.502 e. The summed E-state index contributed by atoms with van der Waals surface area (Å²) in [6, 6.07) is 4.82. The minimum absolute atomic E-state index is 0.136. The Morgan fingerprint density at radius 3 is 2.48 bits per heavy atom. The van der Waals surface area contributed by atoms with Crippen molar-refractivity contribution in [3.63, 3.8) is 0 Å². The Morgan fingerprint density at radius 1 is 1.36 bits per heavy atom. The van der Waals surface area contributed by atoms with Gasteiger partial charge in [0.15, 0.2) is 11.5 Å². The number of amides is 1. The van der Waals surface area contributed by atoms with Crippen LogP contribution in [0, 0.1) is 11.3 Å². The first kappa shape index (κ1) is 18.2. The standard InChI is InChI=1S/C16H16N4O4S/c1-4-13-19-20-16(25-13)18-15(22)10(8-17)5-9-6-11(23-2)14(21)12(7-9)24-3/h5-7,21H,4H2,1-3H3,(H,18,20,22)/b10-5+. The highest BCUT2D eigenvalue weighted by Crippen LogP contribution is 2.37. The lowest BCUT2D eigenvalue weighted by Gasteiger charge is -2.09. The van der Waals surface area contributed by atoms with E-state index in [4.69, 9.17) is 9.47 Å². The third kappa shape index (κ3) is 4.24. The van der Waals surface area contributed by atoms with Gasteiger partial charge < -0.3 is 14.6 Å². The van der Waals surface area contributed by atoms with Crippen molar-refractivity contribution in [2.24, 2.45) is 0 Å². The molecule has 0 saturated heterocycles. The summed E-state index contributed by atoms with van der Waals surface area (Å²) in [4.78, 5) is 12.2. The smallest absolute Gasteiger partial charge is 0.268 e. The zero-order chi connectivity index (χ0) is 18.4. The van der Waals surface area contributed by atoms with E-state index in [9.17, 15) is 15.2 Å². The lowest BCUT2D eigenvalue weighted by Crippen LogP contribution is -2.13. The van der Waals surface area contributed by atoms with Crippen LogP contribution in [-0.2, 0) is 11.2 Å². The number of aryl methyl sites for hydroxylation is 1. The first-order chi connectivity index (χ1) is 12.0. The molecule has 1 amide bonds. The average Bonchev–Trinajstić information content (AvgIpc) is 3.07. The van der Waals surface area contributed by atoms with E-state index in [-0.39, 0.29) is 22.8 Å². The summed E-state index contributed by atoms with van der Waals surface area (Å²) in [6.07, 6.45) is 2.07. The second-order valence-electron chi connectivity index (χ2n) is 4.75. The molecule has 8 nitrogen and oxygen atoms in total. The maximum atomic E-state index is 12.2. The van der Waals surface area contributed by atoms with Crippen LogP contribution in [0.1, 0.15) is 17.5 Å². The van der Waals surface area contributed by atoms with Gasteiger partial charge >= 0.3 is 0 Å². The van der Waals surface area contributed by atoms with E-state index in [1.54, 1.807) is 0 Å². The number of nitrogens with one attached hydrogen (secondary N) is 1. The Hall–Kier alpha value is -3.12. The molecule has 0 atom stereocenters. The Balaban J connectivity index is 2.30. The molecule has 1 heterocycles. The Morgan fingerprint density at radius 2 is 2.00 bits per heavy atom. The third-order valence-electron chi connectivity index (χ3n) is 3.17. The maximum Gasteiger partial charge on any atom is 0.268 e. The van der Waals surface area contributed by atoms with Gasteiger partial charge in [-0.1, -0.05) is 18.3 Å². The molecule has 1 aromatic heterocycles. The number of carbonyl (C=O) groups excluding carboxylic acids is 1. The van der Waals surface area contributed by atoms with Crippen LogP contribution in [0.4, 0.5) is 5.13 Å². The highest BCUT2D eigenvalue weighted by atomic mass is 32.1. The summed E-state index contributed by atoms with van der Waals surface area (Å²) in [6.45, 7) is 1.93. The number of anilines is 1. The van der Waals surface area contributed by atoms with E-state index in [2.05, 4.69) is 15.5 Å². The van der Waals surface area contributed by atoms with Crippen LogP contribution in [0.5, 0.6) is 17.2 Å². The van der Waals surface area contributed by atoms with Gasteiger partial charge in [0.2, 0.25) is 10.9 Å². The molecule has 1 aromatic carbocycles. The second-order valence-corrected chi connectivity index (χ2v) is 5.81. The summed E-state index contributed by atoms with van der Waals surface area (Å²) in [5, 5.41) is 30.6. The number of aromatic hydroxyl groups is 1. The molecule has 0 fully saturated rings. The third-order valence-corrected chi connectivity index (χ3v) is 4.15. The van der Waals surface area contributed by atoms with Gasteiger partial charge in [0, 0.05) is 0 Å². The number of aromatic nitrogens is 2. The maximum absolute atomic E-state index is 12.2. The molecule has 0 saturated carbocycles. The zero-order valence-corrected chi connectivity index (χ0v) is 14.7. The fourth-order valence-electron chi connectivity index (χ4n) is 1.92. The molecule has 25 heavy (non-hydrogen) atoms. The van der Waals surface area contributed by atoms with Crippen molar-refractivity contribution >= 4 is 28.5 Å². The zero-order valence-electron chi connectivity index (χ0n) is 13.9. The summed E-state index contributed by atoms with van der Waals surface area (Å²) < 4.78 is 10.1. The SMILES string of the molecule is CCc1nnc(NC(=O)/C(C#N)=C/c2cc(OC)c(O)c(OC)c2)s1. The van der Waals surface area contributed by atoms with Gasteiger partial charge in [0.1, 0.15) is 16.6 Å². The number of phenolic OH excluding ortho intramolecular Hbond substituents is 1. The number of phenols is 1. The lowest BCUT2D eigenvalue weighted by atomic mass is 10.1. The molecule has 2 rings (SSSR count). The fraction of sp³-hybridized carbons (Fsp3) is 0.250. The molecule has 0 spiro atoms. The quantitative estimate of drug-likeness (QED) is 0.600. The summed E-state index contributed by atoms with van der Waals surface area (Å²) in [7, 11) is 2.78. The lowest BCUT2D eigenvalue weighted by molar-refractivity contribution is -0.112. The predicted octanol–water partition coefficient (Wildman–Crippen LogP) is 2.37. The van der Waals surface area contributed by atoms with Gasteiger partial charge in [0.05, 0.1) is 14.2 Å². The molecule has 0 aliphatic rings. The number of ether oxygens (including phenoxy) is 2. The van der Waals surface area contributed by atoms with Crippen molar-refractivity contribution in [1.82, 2.24) is 10.2 Å². The molecule has 0 aliphatic heterocycles. The molecule has 0 aliphatic carbocycles. The van der Waals surface area contributed by atoms with Crippen LogP contribution in [0.2, 0.25) is 0 Å². The monoisotopic (exact) mass is 360 g/mol. The van der Waals surface area contributed by atoms with Crippen molar-refractivity contribution in [2.45, 2.75) is 13.3 Å². The number of benzene rings is 1. The van der Waals surface area contributed by atoms with Crippen LogP contribution in [0.15, 0.2) is 17.7 Å². The molecule has 9 heteroatoms. The summed E-state index contributed by atoms with van der Waals surface area (Å²) in [5.41, 5.74) is 0.327. The van der Waals surface area contributed by atoms with E-state index in [1.165, 1.54) is 43.8 Å². The predicted molar refractivity (Wildman–Crippen MR) is 92.7 cm³/mol. The first-order valence-electron chi connectivity index (χ1n) is 7.22. The van der Waals surface area contributed by atoms with Crippen LogP contribution in [0.3, 0.4) is 0 Å². The van der Waals surface area contributed by atoms with E-state index in [1.807, 2.05) is 13.0 Å². The minimum Gasteiger partial charge on any atom is -0.502 e. The van der Waals surface area contributed by atoms with Crippen molar-refractivity contribution < 1.29 is 19.4 Å². The van der Waals surface area contributed by atoms with E-state index in [0.29, 0.717) is 17.1 Å². The molecule has 2 aromatic rings. The summed E-state index contributed by atoms with van der Waals surface area (Å²) >= 11 is 1.25. The Labute approximate surface area is 148 Å². The molecule has 0 bridgehead atoms. The number of carbonyl (C=O) groups is 1. The highest BCUT2D eigenvalue weighted by Gasteiger charge is 2.15. The van der Waals surface area contributed by atoms with Gasteiger partial charge in [0.25, 0.3) is 5.91 Å². The van der Waals surface area contributed by atoms with Crippen molar-refractivity contribution in [3.8, 4) is 23.3 Å². The molecular weight excluding hydrogens is 344 g/mol. The molecule has 130 valence electrons. The normalized spacial score (nSPS) is 10.9. The average molecular weight is 360 g/mol. The van der Waals surface area contributed by atoms with Crippen molar-refractivity contribution in [1.29, 1.82) is 5.26 Å². The first-order valence-corrected chi connectivity index (χ1v) is 8.04. The number of hydrogen-bond acceptors (Lipinski definition) is 8. The van der Waals surface area contributed by atoms with Crippen LogP contribution in [0.25, 0.3) is 6.08 Å². The van der Waals surface area contributed by atoms with Crippen LogP contribution in [-0.4, -0.2) is 35.4 Å². The van der Waals surface area contributed by atoms with E-state index < -0.39 is 5.91 Å². The van der Waals surface area contributed by atoms with Gasteiger partial charge in [-0.15, -0.1) is 10.2 Å². The number of methoxy groups -OCH3 is 2. The molecular formula is C16H16N4O4S. The number of nitrogens with zero attached hydrogens (tertiary/aromatic N) is 3. The Bertz CT molecular complexity index is 829. The van der Waals surface area contributed by atoms with Gasteiger partial charge in [-0.2, -0.15) is 5.26 Å². The summed E-state index contributed by atoms with van der Waals surface area (Å²) in [5.74, 6) is -0.432. The van der Waals surface area contributed by atoms with Crippen LogP contribution >= 0.6 is 11.3 Å².